The van der Waals surface area contributed by atoms with Crippen molar-refractivity contribution in [1.82, 2.24) is 0 Å². The van der Waals surface area contributed by atoms with Crippen molar-refractivity contribution >= 4 is 11.8 Å². The van der Waals surface area contributed by atoms with E-state index in [0.717, 1.165) is 48.9 Å². The normalized spacial score (nSPS) is 61.0. The van der Waals surface area contributed by atoms with E-state index in [2.05, 4.69) is 13.0 Å². The molecular formula is C23H28O3. The van der Waals surface area contributed by atoms with Crippen molar-refractivity contribution in [3.05, 3.63) is 11.6 Å². The van der Waals surface area contributed by atoms with E-state index in [4.69, 9.17) is 4.74 Å². The highest BCUT2D eigenvalue weighted by Crippen LogP contribution is 2.81. The number of allylic oxidation sites excluding steroid dienone is 1. The third-order valence-corrected chi connectivity index (χ3v) is 10.2. The zero-order valence-corrected chi connectivity index (χ0v) is 15.6. The van der Waals surface area contributed by atoms with Gasteiger partial charge in [-0.3, -0.25) is 9.59 Å². The molecule has 1 saturated heterocycles. The van der Waals surface area contributed by atoms with Crippen LogP contribution in [-0.2, 0) is 14.3 Å². The molecule has 0 amide bonds. The summed E-state index contributed by atoms with van der Waals surface area (Å²) >= 11 is 0. The van der Waals surface area contributed by atoms with Crippen LogP contribution in [-0.4, -0.2) is 17.4 Å². The first kappa shape index (κ1) is 14.9. The molecule has 0 bridgehead atoms. The van der Waals surface area contributed by atoms with Crippen LogP contribution in [0.1, 0.15) is 58.3 Å². The molecule has 0 aromatic carbocycles. The Morgan fingerprint density at radius 1 is 1.00 bits per heavy atom. The summed E-state index contributed by atoms with van der Waals surface area (Å²) in [5, 5.41) is 0. The topological polar surface area (TPSA) is 43.4 Å². The predicted molar refractivity (Wildman–Crippen MR) is 94.9 cm³/mol. The van der Waals surface area contributed by atoms with Crippen LogP contribution in [0.3, 0.4) is 0 Å². The second-order valence-electron chi connectivity index (χ2n) is 10.9. The number of fused-ring (bicyclic) bond motifs is 12. The molecule has 26 heavy (non-hydrogen) atoms. The lowest BCUT2D eigenvalue weighted by Crippen LogP contribution is -2.55. The van der Waals surface area contributed by atoms with Crippen molar-refractivity contribution in [2.75, 3.05) is 0 Å². The van der Waals surface area contributed by atoms with Crippen molar-refractivity contribution in [3.8, 4) is 0 Å². The second kappa shape index (κ2) is 4.31. The van der Waals surface area contributed by atoms with Crippen molar-refractivity contribution in [3.63, 3.8) is 0 Å². The van der Waals surface area contributed by atoms with Gasteiger partial charge in [0, 0.05) is 24.2 Å². The monoisotopic (exact) mass is 352 g/mol. The van der Waals surface area contributed by atoms with Gasteiger partial charge in [-0.1, -0.05) is 12.5 Å². The number of carbonyl (C=O) groups excluding carboxylic acids is 2. The maximum atomic E-state index is 12.1. The minimum Gasteiger partial charge on any atom is -0.458 e. The fourth-order valence-electron chi connectivity index (χ4n) is 9.35. The molecule has 10 atom stereocenters. The van der Waals surface area contributed by atoms with Crippen molar-refractivity contribution in [1.29, 1.82) is 0 Å². The molecule has 5 unspecified atom stereocenters. The van der Waals surface area contributed by atoms with E-state index in [1.165, 1.54) is 25.7 Å². The number of carbonyl (C=O) groups is 2. The third-order valence-electron chi connectivity index (χ3n) is 10.2. The Balaban J connectivity index is 1.31. The molecule has 3 nitrogen and oxygen atoms in total. The van der Waals surface area contributed by atoms with E-state index in [-0.39, 0.29) is 17.0 Å². The van der Waals surface area contributed by atoms with Gasteiger partial charge in [-0.05, 0) is 86.0 Å². The molecule has 1 spiro atoms. The van der Waals surface area contributed by atoms with Crippen LogP contribution in [0.15, 0.2) is 11.6 Å². The van der Waals surface area contributed by atoms with Gasteiger partial charge >= 0.3 is 5.97 Å². The van der Waals surface area contributed by atoms with Crippen molar-refractivity contribution < 1.29 is 14.3 Å². The van der Waals surface area contributed by atoms with Crippen molar-refractivity contribution in [2.24, 2.45) is 52.8 Å². The van der Waals surface area contributed by atoms with Crippen LogP contribution in [0.2, 0.25) is 0 Å². The molecule has 7 aliphatic rings. The van der Waals surface area contributed by atoms with Gasteiger partial charge in [0.05, 0.1) is 0 Å². The van der Waals surface area contributed by atoms with Crippen LogP contribution in [0, 0.1) is 52.8 Å². The first-order valence-electron chi connectivity index (χ1n) is 11.0. The Morgan fingerprint density at radius 2 is 1.88 bits per heavy atom. The van der Waals surface area contributed by atoms with Crippen LogP contribution >= 0.6 is 0 Å². The summed E-state index contributed by atoms with van der Waals surface area (Å²) in [7, 11) is 0. The Bertz CT molecular complexity index is 782. The summed E-state index contributed by atoms with van der Waals surface area (Å²) in [6.45, 7) is 2.49. The molecule has 0 aromatic heterocycles. The molecule has 0 aromatic rings. The molecule has 6 aliphatic carbocycles. The lowest BCUT2D eigenvalue weighted by molar-refractivity contribution is -0.174. The smallest absolute Gasteiger partial charge is 0.306 e. The fourth-order valence-corrected chi connectivity index (χ4v) is 9.35. The summed E-state index contributed by atoms with van der Waals surface area (Å²) in [4.78, 5) is 24.1. The first-order chi connectivity index (χ1) is 12.5. The Hall–Kier alpha value is -1.12. The quantitative estimate of drug-likeness (QED) is 0.621. The molecule has 1 aliphatic heterocycles. The van der Waals surface area contributed by atoms with Crippen LogP contribution < -0.4 is 0 Å². The molecule has 1 heterocycles. The van der Waals surface area contributed by atoms with E-state index in [1.807, 2.05) is 0 Å². The SMILES string of the molecule is C[C@]12CCC3C4CCC(=O)C=C4[C@@H]4C[C@@H]4C3C1C1C[C@H]1[C@@]21CCC(=O)O1. The van der Waals surface area contributed by atoms with Crippen LogP contribution in [0.4, 0.5) is 0 Å². The zero-order chi connectivity index (χ0) is 17.4. The van der Waals surface area contributed by atoms with E-state index >= 15 is 0 Å². The van der Waals surface area contributed by atoms with Gasteiger partial charge in [0.25, 0.3) is 0 Å². The third kappa shape index (κ3) is 1.49. The highest BCUT2D eigenvalue weighted by atomic mass is 16.6. The van der Waals surface area contributed by atoms with Gasteiger partial charge in [-0.25, -0.2) is 0 Å². The van der Waals surface area contributed by atoms with Gasteiger partial charge in [0.2, 0.25) is 0 Å². The lowest BCUT2D eigenvalue weighted by Gasteiger charge is -2.57. The Kier molecular flexibility index (Phi) is 2.46. The average molecular weight is 352 g/mol. The molecule has 0 radical (unpaired) electrons. The summed E-state index contributed by atoms with van der Waals surface area (Å²) in [5.74, 6) is 6.54. The molecule has 3 heteroatoms. The number of esters is 1. The van der Waals surface area contributed by atoms with Gasteiger partial charge in [-0.15, -0.1) is 0 Å². The number of ether oxygens (including phenoxy) is 1. The minimum absolute atomic E-state index is 0.0589. The van der Waals surface area contributed by atoms with E-state index in [9.17, 15) is 9.59 Å². The van der Waals surface area contributed by atoms with E-state index in [1.54, 1.807) is 5.57 Å². The van der Waals surface area contributed by atoms with Crippen LogP contribution in [0.25, 0.3) is 0 Å². The van der Waals surface area contributed by atoms with E-state index < -0.39 is 0 Å². The predicted octanol–water partition coefficient (Wildman–Crippen LogP) is 3.92. The van der Waals surface area contributed by atoms with Gasteiger partial charge in [0.15, 0.2) is 5.78 Å². The highest BCUT2D eigenvalue weighted by Gasteiger charge is 2.80. The summed E-state index contributed by atoms with van der Waals surface area (Å²) < 4.78 is 6.19. The number of ketones is 1. The molecular weight excluding hydrogens is 324 g/mol. The molecule has 7 rings (SSSR count). The molecule has 138 valence electrons. The van der Waals surface area contributed by atoms with Crippen molar-refractivity contribution in [2.45, 2.75) is 63.9 Å². The van der Waals surface area contributed by atoms with Gasteiger partial charge in [0.1, 0.15) is 5.60 Å². The first-order valence-corrected chi connectivity index (χ1v) is 11.0. The standard InChI is InChI=1S/C23H28O3/c1-22-6-4-13-12-3-2-11(24)8-14(12)15-9-16(15)20(13)21(22)17-10-18(17)23(22)7-5-19(25)26-23/h8,12-13,15-18,20-21H,2-7,9-10H2,1H3/t12?,13?,15-,16-,17?,18+,20?,21?,22-,23-/m0/s1. The lowest BCUT2D eigenvalue weighted by atomic mass is 9.49. The number of rotatable bonds is 0. The molecule has 5 saturated carbocycles. The second-order valence-corrected chi connectivity index (χ2v) is 10.9. The summed E-state index contributed by atoms with van der Waals surface area (Å²) in [6, 6.07) is 0. The summed E-state index contributed by atoms with van der Waals surface area (Å²) in [5.41, 5.74) is 1.64. The van der Waals surface area contributed by atoms with E-state index in [0.29, 0.717) is 30.0 Å². The maximum absolute atomic E-state index is 12.1. The maximum Gasteiger partial charge on any atom is 0.306 e. The Morgan fingerprint density at radius 3 is 2.69 bits per heavy atom. The number of hydrogen-bond acceptors (Lipinski definition) is 3. The zero-order valence-electron chi connectivity index (χ0n) is 15.6. The summed E-state index contributed by atoms with van der Waals surface area (Å²) in [6.07, 6.45) is 10.7. The molecule has 6 fully saturated rings. The average Bonchev–Trinajstić information content (AvgIpc) is 3.51. The molecule has 0 N–H and O–H groups in total. The van der Waals surface area contributed by atoms with Gasteiger partial charge in [-0.2, -0.15) is 0 Å². The fraction of sp³-hybridized carbons (Fsp3) is 0.826. The van der Waals surface area contributed by atoms with Gasteiger partial charge < -0.3 is 4.74 Å². The van der Waals surface area contributed by atoms with Crippen LogP contribution in [0.5, 0.6) is 0 Å². The highest BCUT2D eigenvalue weighted by molar-refractivity contribution is 5.91. The minimum atomic E-state index is -0.118. The largest absolute Gasteiger partial charge is 0.458 e. The Labute approximate surface area is 154 Å². The number of hydrogen-bond donors (Lipinski definition) is 0.